The number of esters is 1. The molecule has 27 heavy (non-hydrogen) atoms. The molecular formula is C20H22N2O5. The topological polar surface area (TPSA) is 84.0 Å². The van der Waals surface area contributed by atoms with E-state index in [1.54, 1.807) is 24.3 Å². The molecule has 0 spiro atoms. The fourth-order valence-corrected chi connectivity index (χ4v) is 4.71. The maximum Gasteiger partial charge on any atom is 0.337 e. The van der Waals surface area contributed by atoms with Crippen LogP contribution in [-0.4, -0.2) is 58.7 Å². The molecule has 0 N–H and O–H groups in total. The van der Waals surface area contributed by atoms with E-state index in [9.17, 15) is 19.2 Å². The van der Waals surface area contributed by atoms with Crippen LogP contribution in [0.4, 0.5) is 0 Å². The number of likely N-dealkylation sites (tertiary alicyclic amines) is 1. The molecule has 2 atom stereocenters. The van der Waals surface area contributed by atoms with Crippen LogP contribution in [0.3, 0.4) is 0 Å². The number of fused-ring (bicyclic) bond motifs is 2. The van der Waals surface area contributed by atoms with E-state index in [1.165, 1.54) is 12.0 Å². The summed E-state index contributed by atoms with van der Waals surface area (Å²) in [5.41, 5.74) is 0.938. The van der Waals surface area contributed by atoms with E-state index >= 15 is 0 Å². The van der Waals surface area contributed by atoms with Crippen molar-refractivity contribution in [1.82, 2.24) is 9.80 Å². The SMILES string of the molecule is COC(=O)c1ccc(C(=O)N2C3CCC2CC(N2C(=O)CCC2=O)C3)cc1. The minimum Gasteiger partial charge on any atom is -0.465 e. The van der Waals surface area contributed by atoms with Gasteiger partial charge in [-0.05, 0) is 49.9 Å². The van der Waals surface area contributed by atoms with E-state index in [0.29, 0.717) is 36.8 Å². The van der Waals surface area contributed by atoms with Gasteiger partial charge in [-0.2, -0.15) is 0 Å². The molecule has 3 aliphatic rings. The Kier molecular flexibility index (Phi) is 4.45. The Bertz CT molecular complexity index is 773. The van der Waals surface area contributed by atoms with Crippen LogP contribution in [0.25, 0.3) is 0 Å². The highest BCUT2D eigenvalue weighted by atomic mass is 16.5. The second kappa shape index (κ2) is 6.79. The van der Waals surface area contributed by atoms with E-state index < -0.39 is 5.97 Å². The first-order valence-electron chi connectivity index (χ1n) is 9.35. The van der Waals surface area contributed by atoms with Crippen molar-refractivity contribution in [2.75, 3.05) is 7.11 Å². The first-order valence-corrected chi connectivity index (χ1v) is 9.35. The van der Waals surface area contributed by atoms with E-state index in [-0.39, 0.29) is 35.8 Å². The summed E-state index contributed by atoms with van der Waals surface area (Å²) >= 11 is 0. The fourth-order valence-electron chi connectivity index (χ4n) is 4.71. The summed E-state index contributed by atoms with van der Waals surface area (Å²) in [6, 6.07) is 6.48. The number of ether oxygens (including phenoxy) is 1. The van der Waals surface area contributed by atoms with Crippen LogP contribution in [0, 0.1) is 0 Å². The van der Waals surface area contributed by atoms with Crippen LogP contribution < -0.4 is 0 Å². The second-order valence-electron chi connectivity index (χ2n) is 7.45. The molecule has 0 saturated carbocycles. The molecule has 4 rings (SSSR count). The number of piperidine rings is 1. The Morgan fingerprint density at radius 2 is 1.41 bits per heavy atom. The van der Waals surface area contributed by atoms with Crippen molar-refractivity contribution in [3.63, 3.8) is 0 Å². The number of imide groups is 1. The van der Waals surface area contributed by atoms with Gasteiger partial charge < -0.3 is 9.64 Å². The van der Waals surface area contributed by atoms with Crippen molar-refractivity contribution in [3.05, 3.63) is 35.4 Å². The molecule has 7 nitrogen and oxygen atoms in total. The lowest BCUT2D eigenvalue weighted by atomic mass is 9.95. The Balaban J connectivity index is 1.49. The van der Waals surface area contributed by atoms with Crippen molar-refractivity contribution >= 4 is 23.7 Å². The molecule has 7 heteroatoms. The zero-order valence-electron chi connectivity index (χ0n) is 15.2. The zero-order valence-corrected chi connectivity index (χ0v) is 15.2. The average molecular weight is 370 g/mol. The van der Waals surface area contributed by atoms with Crippen LogP contribution in [0.1, 0.15) is 59.2 Å². The van der Waals surface area contributed by atoms with Crippen LogP contribution in [-0.2, 0) is 14.3 Å². The van der Waals surface area contributed by atoms with Crippen LogP contribution >= 0.6 is 0 Å². The monoisotopic (exact) mass is 370 g/mol. The largest absolute Gasteiger partial charge is 0.465 e. The third-order valence-corrected chi connectivity index (χ3v) is 5.95. The predicted molar refractivity (Wildman–Crippen MR) is 94.9 cm³/mol. The van der Waals surface area contributed by atoms with Gasteiger partial charge in [-0.15, -0.1) is 0 Å². The molecule has 0 aliphatic carbocycles. The van der Waals surface area contributed by atoms with Gasteiger partial charge in [-0.1, -0.05) is 0 Å². The maximum atomic E-state index is 13.0. The first kappa shape index (κ1) is 17.7. The number of methoxy groups -OCH3 is 1. The summed E-state index contributed by atoms with van der Waals surface area (Å²) in [5.74, 6) is -0.656. The standard InChI is InChI=1S/C20H22N2O5/c1-27-20(26)13-4-2-12(3-5-13)19(25)21-14-6-7-15(21)11-16(10-14)22-17(23)8-9-18(22)24/h2-5,14-16H,6-11H2,1H3. The van der Waals surface area contributed by atoms with Crippen LogP contribution in [0.15, 0.2) is 24.3 Å². The lowest BCUT2D eigenvalue weighted by Gasteiger charge is -2.41. The van der Waals surface area contributed by atoms with Gasteiger partial charge in [0.15, 0.2) is 0 Å². The smallest absolute Gasteiger partial charge is 0.337 e. The molecule has 142 valence electrons. The molecule has 3 heterocycles. The van der Waals surface area contributed by atoms with Crippen molar-refractivity contribution in [2.24, 2.45) is 0 Å². The fraction of sp³-hybridized carbons (Fsp3) is 0.500. The number of nitrogens with zero attached hydrogens (tertiary/aromatic N) is 2. The van der Waals surface area contributed by atoms with Gasteiger partial charge in [0.2, 0.25) is 11.8 Å². The van der Waals surface area contributed by atoms with Crippen molar-refractivity contribution in [1.29, 1.82) is 0 Å². The van der Waals surface area contributed by atoms with E-state index in [2.05, 4.69) is 4.74 Å². The van der Waals surface area contributed by atoms with Crippen molar-refractivity contribution in [3.8, 4) is 0 Å². The summed E-state index contributed by atoms with van der Waals surface area (Å²) in [7, 11) is 1.32. The highest BCUT2D eigenvalue weighted by molar-refractivity contribution is 6.02. The van der Waals surface area contributed by atoms with Gasteiger partial charge in [-0.3, -0.25) is 19.3 Å². The molecular weight excluding hydrogens is 348 g/mol. The third-order valence-electron chi connectivity index (χ3n) is 5.95. The Morgan fingerprint density at radius 3 is 1.93 bits per heavy atom. The third kappa shape index (κ3) is 3.01. The van der Waals surface area contributed by atoms with Gasteiger partial charge in [0.1, 0.15) is 0 Å². The second-order valence-corrected chi connectivity index (χ2v) is 7.45. The van der Waals surface area contributed by atoms with Gasteiger partial charge in [-0.25, -0.2) is 4.79 Å². The van der Waals surface area contributed by atoms with Gasteiger partial charge in [0.05, 0.1) is 12.7 Å². The molecule has 3 amide bonds. The lowest BCUT2D eigenvalue weighted by Crippen LogP contribution is -2.53. The van der Waals surface area contributed by atoms with Gasteiger partial charge in [0, 0.05) is 36.5 Å². The number of amides is 3. The summed E-state index contributed by atoms with van der Waals surface area (Å²) in [6.07, 6.45) is 3.70. The summed E-state index contributed by atoms with van der Waals surface area (Å²) in [6.45, 7) is 0. The molecule has 1 aromatic rings. The lowest BCUT2D eigenvalue weighted by molar-refractivity contribution is -0.142. The molecule has 1 aromatic carbocycles. The van der Waals surface area contributed by atoms with Crippen molar-refractivity contribution in [2.45, 2.75) is 56.7 Å². The molecule has 0 radical (unpaired) electrons. The highest BCUT2D eigenvalue weighted by Crippen LogP contribution is 2.39. The number of rotatable bonds is 3. The van der Waals surface area contributed by atoms with Crippen LogP contribution in [0.5, 0.6) is 0 Å². The molecule has 3 aliphatic heterocycles. The van der Waals surface area contributed by atoms with E-state index in [0.717, 1.165) is 12.8 Å². The summed E-state index contributed by atoms with van der Waals surface area (Å²) in [4.78, 5) is 52.0. The van der Waals surface area contributed by atoms with Crippen LogP contribution in [0.2, 0.25) is 0 Å². The number of hydrogen-bond donors (Lipinski definition) is 0. The summed E-state index contributed by atoms with van der Waals surface area (Å²) < 4.78 is 4.68. The quantitative estimate of drug-likeness (QED) is 0.598. The first-order chi connectivity index (χ1) is 13.0. The molecule has 3 fully saturated rings. The molecule has 0 aromatic heterocycles. The normalized spacial score (nSPS) is 27.2. The number of hydrogen-bond acceptors (Lipinski definition) is 5. The maximum absolute atomic E-state index is 13.0. The molecule has 2 unspecified atom stereocenters. The van der Waals surface area contributed by atoms with Gasteiger partial charge >= 0.3 is 5.97 Å². The minimum absolute atomic E-state index is 0.0442. The number of carbonyl (C=O) groups excluding carboxylic acids is 4. The number of carbonyl (C=O) groups is 4. The van der Waals surface area contributed by atoms with E-state index in [1.807, 2.05) is 4.90 Å². The van der Waals surface area contributed by atoms with Crippen molar-refractivity contribution < 1.29 is 23.9 Å². The minimum atomic E-state index is -0.435. The Morgan fingerprint density at radius 1 is 0.889 bits per heavy atom. The molecule has 2 bridgehead atoms. The predicted octanol–water partition coefficient (Wildman–Crippen LogP) is 1.76. The number of benzene rings is 1. The zero-order chi connectivity index (χ0) is 19.1. The van der Waals surface area contributed by atoms with Gasteiger partial charge in [0.25, 0.3) is 5.91 Å². The Hall–Kier alpha value is -2.70. The summed E-state index contributed by atoms with van der Waals surface area (Å²) in [5, 5.41) is 0. The highest BCUT2D eigenvalue weighted by Gasteiger charge is 2.47. The van der Waals surface area contributed by atoms with E-state index in [4.69, 9.17) is 0 Å². The average Bonchev–Trinajstić information content (AvgIpc) is 3.15. The molecule has 3 saturated heterocycles. The Labute approximate surface area is 157 Å².